The normalized spacial score (nSPS) is 15.8. The maximum atomic E-state index is 12.2. The minimum absolute atomic E-state index is 0.0135. The molecule has 0 saturated heterocycles. The fraction of sp³-hybridized carbons (Fsp3) is 0.500. The van der Waals surface area contributed by atoms with Crippen molar-refractivity contribution in [1.82, 2.24) is 5.16 Å². The molecule has 1 aromatic heterocycles. The number of amides is 2. The van der Waals surface area contributed by atoms with Crippen LogP contribution in [0.25, 0.3) is 0 Å². The summed E-state index contributed by atoms with van der Waals surface area (Å²) in [5.41, 5.74) is 4.33. The molecule has 1 aliphatic carbocycles. The first-order valence-electron chi connectivity index (χ1n) is 6.14. The molecule has 108 valence electrons. The van der Waals surface area contributed by atoms with Crippen molar-refractivity contribution in [3.05, 3.63) is 11.3 Å². The maximum absolute atomic E-state index is 12.2. The third kappa shape index (κ3) is 2.36. The molecule has 2 amide bonds. The minimum Gasteiger partial charge on any atom is -0.445 e. The Morgan fingerprint density at radius 3 is 2.60 bits per heavy atom. The zero-order valence-electron chi connectivity index (χ0n) is 11.1. The summed E-state index contributed by atoms with van der Waals surface area (Å²) >= 11 is 0. The van der Waals surface area contributed by atoms with Crippen molar-refractivity contribution in [1.29, 1.82) is 0 Å². The number of esters is 1. The van der Waals surface area contributed by atoms with Gasteiger partial charge in [0.05, 0.1) is 0 Å². The Balaban J connectivity index is 2.30. The van der Waals surface area contributed by atoms with Gasteiger partial charge >= 0.3 is 5.97 Å². The van der Waals surface area contributed by atoms with Gasteiger partial charge in [0.25, 0.3) is 5.91 Å². The number of rotatable bonds is 6. The van der Waals surface area contributed by atoms with E-state index in [1.54, 1.807) is 13.8 Å². The summed E-state index contributed by atoms with van der Waals surface area (Å²) in [6, 6.07) is 0. The number of hydrogen-bond acceptors (Lipinski definition) is 6. The Labute approximate surface area is 114 Å². The number of nitrogens with two attached hydrogens (primary N) is 1. The largest absolute Gasteiger partial charge is 0.445 e. The second kappa shape index (κ2) is 4.95. The summed E-state index contributed by atoms with van der Waals surface area (Å²) in [5.74, 6) is -1.69. The van der Waals surface area contributed by atoms with Crippen LogP contribution in [0.1, 0.15) is 48.7 Å². The molecule has 0 radical (unpaired) electrons. The lowest BCUT2D eigenvalue weighted by molar-refractivity contribution is -0.128. The van der Waals surface area contributed by atoms with Gasteiger partial charge in [-0.15, -0.1) is 0 Å². The van der Waals surface area contributed by atoms with E-state index in [9.17, 15) is 14.4 Å². The monoisotopic (exact) mass is 281 g/mol. The summed E-state index contributed by atoms with van der Waals surface area (Å²) in [6.45, 7) is 3.61. The van der Waals surface area contributed by atoms with Crippen LogP contribution in [0.5, 0.6) is 0 Å². The van der Waals surface area contributed by atoms with E-state index < -0.39 is 17.5 Å². The topological polar surface area (TPSA) is 125 Å². The molecule has 0 unspecified atom stereocenters. The Hall–Kier alpha value is -2.38. The standard InChI is InChI=1S/C12H15N3O5/c1-6(2)8-7(9(14-5-16)20-15-8)10(17)19-12(3-4-12)11(13)18/h5-6H,3-4H2,1-2H3,(H2,13,18)(H,14,16). The molecule has 1 heterocycles. The predicted molar refractivity (Wildman–Crippen MR) is 66.9 cm³/mol. The van der Waals surface area contributed by atoms with Gasteiger partial charge in [-0.3, -0.25) is 14.9 Å². The van der Waals surface area contributed by atoms with Crippen molar-refractivity contribution in [2.75, 3.05) is 5.32 Å². The zero-order valence-corrected chi connectivity index (χ0v) is 11.1. The summed E-state index contributed by atoms with van der Waals surface area (Å²) in [4.78, 5) is 34.0. The van der Waals surface area contributed by atoms with Crippen LogP contribution in [0.3, 0.4) is 0 Å². The van der Waals surface area contributed by atoms with Crippen molar-refractivity contribution in [3.8, 4) is 0 Å². The Bertz CT molecular complexity index is 559. The first-order valence-corrected chi connectivity index (χ1v) is 6.14. The molecule has 1 saturated carbocycles. The van der Waals surface area contributed by atoms with Crippen LogP contribution in [0.15, 0.2) is 4.52 Å². The number of carbonyl (C=O) groups is 3. The third-order valence-electron chi connectivity index (χ3n) is 3.10. The fourth-order valence-corrected chi connectivity index (χ4v) is 1.79. The number of carbonyl (C=O) groups excluding carboxylic acids is 3. The van der Waals surface area contributed by atoms with Crippen molar-refractivity contribution < 1.29 is 23.6 Å². The molecular weight excluding hydrogens is 266 g/mol. The summed E-state index contributed by atoms with van der Waals surface area (Å²) in [7, 11) is 0. The molecule has 1 aromatic rings. The van der Waals surface area contributed by atoms with Crippen LogP contribution in [0.2, 0.25) is 0 Å². The molecule has 1 fully saturated rings. The number of nitrogens with one attached hydrogen (secondary N) is 1. The van der Waals surface area contributed by atoms with Crippen LogP contribution < -0.4 is 11.1 Å². The Morgan fingerprint density at radius 1 is 1.50 bits per heavy atom. The number of ether oxygens (including phenoxy) is 1. The molecule has 20 heavy (non-hydrogen) atoms. The van der Waals surface area contributed by atoms with Crippen LogP contribution in [-0.2, 0) is 14.3 Å². The molecule has 2 rings (SSSR count). The van der Waals surface area contributed by atoms with Gasteiger partial charge in [-0.25, -0.2) is 4.79 Å². The summed E-state index contributed by atoms with van der Waals surface area (Å²) in [5, 5.41) is 5.98. The molecule has 3 N–H and O–H groups in total. The van der Waals surface area contributed by atoms with E-state index in [1.807, 2.05) is 0 Å². The van der Waals surface area contributed by atoms with E-state index in [0.717, 1.165) is 0 Å². The first kappa shape index (κ1) is 14.0. The Morgan fingerprint density at radius 2 is 2.15 bits per heavy atom. The molecule has 0 atom stereocenters. The van der Waals surface area contributed by atoms with E-state index in [4.69, 9.17) is 15.0 Å². The van der Waals surface area contributed by atoms with Crippen LogP contribution >= 0.6 is 0 Å². The van der Waals surface area contributed by atoms with Gasteiger partial charge < -0.3 is 15.0 Å². The van der Waals surface area contributed by atoms with Gasteiger partial charge in [-0.05, 0) is 0 Å². The second-order valence-corrected chi connectivity index (χ2v) is 4.94. The quantitative estimate of drug-likeness (QED) is 0.579. The van der Waals surface area contributed by atoms with E-state index in [-0.39, 0.29) is 17.4 Å². The second-order valence-electron chi connectivity index (χ2n) is 4.94. The maximum Gasteiger partial charge on any atom is 0.346 e. The zero-order chi connectivity index (χ0) is 14.9. The van der Waals surface area contributed by atoms with Gasteiger partial charge in [-0.2, -0.15) is 0 Å². The van der Waals surface area contributed by atoms with Gasteiger partial charge in [0.1, 0.15) is 11.3 Å². The van der Waals surface area contributed by atoms with E-state index in [1.165, 1.54) is 0 Å². The Kier molecular flexibility index (Phi) is 3.47. The number of anilines is 1. The summed E-state index contributed by atoms with van der Waals surface area (Å²) < 4.78 is 10.1. The van der Waals surface area contributed by atoms with Crippen LogP contribution in [0.4, 0.5) is 5.88 Å². The predicted octanol–water partition coefficient (Wildman–Crippen LogP) is 0.541. The average Bonchev–Trinajstić information content (AvgIpc) is 3.02. The first-order chi connectivity index (χ1) is 9.41. The molecule has 0 aromatic carbocycles. The molecule has 0 aliphatic heterocycles. The molecule has 8 heteroatoms. The minimum atomic E-state index is -1.24. The highest BCUT2D eigenvalue weighted by Gasteiger charge is 2.53. The van der Waals surface area contributed by atoms with Crippen molar-refractivity contribution >= 4 is 24.2 Å². The molecule has 1 aliphatic rings. The molecule has 0 bridgehead atoms. The lowest BCUT2D eigenvalue weighted by Crippen LogP contribution is -2.35. The van der Waals surface area contributed by atoms with E-state index >= 15 is 0 Å². The third-order valence-corrected chi connectivity index (χ3v) is 3.10. The molecule has 8 nitrogen and oxygen atoms in total. The van der Waals surface area contributed by atoms with Crippen molar-refractivity contribution in [2.45, 2.75) is 38.2 Å². The SMILES string of the molecule is CC(C)c1noc(NC=O)c1C(=O)OC1(C(N)=O)CC1. The van der Waals surface area contributed by atoms with Crippen molar-refractivity contribution in [3.63, 3.8) is 0 Å². The van der Waals surface area contributed by atoms with Gasteiger partial charge in [0, 0.05) is 18.8 Å². The molecular formula is C12H15N3O5. The van der Waals surface area contributed by atoms with Gasteiger partial charge in [0.2, 0.25) is 12.3 Å². The highest BCUT2D eigenvalue weighted by atomic mass is 16.6. The van der Waals surface area contributed by atoms with Gasteiger partial charge in [0.15, 0.2) is 5.60 Å². The smallest absolute Gasteiger partial charge is 0.346 e. The number of nitrogens with zero attached hydrogens (tertiary/aromatic N) is 1. The summed E-state index contributed by atoms with van der Waals surface area (Å²) in [6.07, 6.45) is 1.15. The van der Waals surface area contributed by atoms with Crippen LogP contribution in [-0.4, -0.2) is 29.0 Å². The lowest BCUT2D eigenvalue weighted by Gasteiger charge is -2.13. The van der Waals surface area contributed by atoms with Crippen LogP contribution in [0, 0.1) is 0 Å². The van der Waals surface area contributed by atoms with E-state index in [2.05, 4.69) is 10.5 Å². The highest BCUT2D eigenvalue weighted by Crippen LogP contribution is 2.41. The number of hydrogen-bond donors (Lipinski definition) is 2. The fourth-order valence-electron chi connectivity index (χ4n) is 1.79. The number of primary amides is 1. The number of aromatic nitrogens is 1. The van der Waals surface area contributed by atoms with E-state index in [0.29, 0.717) is 24.9 Å². The van der Waals surface area contributed by atoms with Gasteiger partial charge in [-0.1, -0.05) is 19.0 Å². The average molecular weight is 281 g/mol. The molecule has 0 spiro atoms. The lowest BCUT2D eigenvalue weighted by atomic mass is 10.1. The van der Waals surface area contributed by atoms with Crippen molar-refractivity contribution in [2.24, 2.45) is 5.73 Å². The highest BCUT2D eigenvalue weighted by molar-refractivity contribution is 6.00.